The predicted octanol–water partition coefficient (Wildman–Crippen LogP) is 4.79. The van der Waals surface area contributed by atoms with E-state index in [1.54, 1.807) is 11.2 Å². The van der Waals surface area contributed by atoms with Crippen LogP contribution < -0.4 is 5.32 Å². The van der Waals surface area contributed by atoms with Crippen molar-refractivity contribution in [3.05, 3.63) is 59.2 Å². The van der Waals surface area contributed by atoms with Crippen LogP contribution in [0.15, 0.2) is 36.7 Å². The van der Waals surface area contributed by atoms with Crippen LogP contribution in [0.3, 0.4) is 0 Å². The van der Waals surface area contributed by atoms with Crippen molar-refractivity contribution >= 4 is 28.3 Å². The van der Waals surface area contributed by atoms with Crippen LogP contribution in [0.4, 0.5) is 23.7 Å². The summed E-state index contributed by atoms with van der Waals surface area (Å²) in [6.45, 7) is 0.812. The minimum absolute atomic E-state index is 0.120. The lowest BCUT2D eigenvalue weighted by atomic mass is 10.00. The van der Waals surface area contributed by atoms with Crippen molar-refractivity contribution in [3.8, 4) is 0 Å². The van der Waals surface area contributed by atoms with E-state index in [4.69, 9.17) is 0 Å². The van der Waals surface area contributed by atoms with Gasteiger partial charge < -0.3 is 15.2 Å². The third-order valence-electron chi connectivity index (χ3n) is 5.88. The lowest BCUT2D eigenvalue weighted by Gasteiger charge is -2.27. The number of aromatic nitrogens is 3. The van der Waals surface area contributed by atoms with Gasteiger partial charge >= 0.3 is 12.2 Å². The number of halogens is 3. The SMILES string of the molecule is O=C(Nc1cccc(C(F)(F)F)c1)N1CC=C(c2ncnc3[nH]c4c(c23)CCC4)CC1. The molecule has 2 aliphatic rings. The quantitative estimate of drug-likeness (QED) is 0.618. The monoisotopic (exact) mass is 427 g/mol. The van der Waals surface area contributed by atoms with Crippen molar-refractivity contribution < 1.29 is 18.0 Å². The first-order chi connectivity index (χ1) is 14.9. The zero-order chi connectivity index (χ0) is 21.6. The molecule has 9 heteroatoms. The van der Waals surface area contributed by atoms with Gasteiger partial charge in [-0.2, -0.15) is 13.2 Å². The third kappa shape index (κ3) is 3.64. The van der Waals surface area contributed by atoms with Crippen LogP contribution in [0.1, 0.15) is 35.4 Å². The van der Waals surface area contributed by atoms with Crippen molar-refractivity contribution in [1.82, 2.24) is 19.9 Å². The van der Waals surface area contributed by atoms with Crippen LogP contribution in [0.2, 0.25) is 0 Å². The number of aromatic amines is 1. The van der Waals surface area contributed by atoms with Crippen molar-refractivity contribution in [3.63, 3.8) is 0 Å². The molecule has 6 nitrogen and oxygen atoms in total. The largest absolute Gasteiger partial charge is 0.416 e. The first-order valence-corrected chi connectivity index (χ1v) is 10.2. The summed E-state index contributed by atoms with van der Waals surface area (Å²) in [5.41, 5.74) is 4.66. The molecule has 1 aromatic carbocycles. The molecule has 0 atom stereocenters. The smallest absolute Gasteiger partial charge is 0.343 e. The summed E-state index contributed by atoms with van der Waals surface area (Å²) in [5.74, 6) is 0. The number of nitrogens with one attached hydrogen (secondary N) is 2. The maximum absolute atomic E-state index is 12.9. The molecule has 160 valence electrons. The molecule has 0 saturated carbocycles. The molecule has 2 N–H and O–H groups in total. The Labute approximate surface area is 176 Å². The molecule has 1 aliphatic carbocycles. The number of rotatable bonds is 2. The molecule has 0 unspecified atom stereocenters. The molecule has 2 amide bonds. The molecule has 5 rings (SSSR count). The number of urea groups is 1. The van der Waals surface area contributed by atoms with E-state index >= 15 is 0 Å². The van der Waals surface area contributed by atoms with Gasteiger partial charge in [-0.1, -0.05) is 12.1 Å². The second-order valence-corrected chi connectivity index (χ2v) is 7.82. The molecular weight excluding hydrogens is 407 g/mol. The number of aryl methyl sites for hydroxylation is 2. The maximum atomic E-state index is 12.9. The number of anilines is 1. The van der Waals surface area contributed by atoms with Gasteiger partial charge in [-0.3, -0.25) is 0 Å². The van der Waals surface area contributed by atoms with Crippen LogP contribution in [-0.4, -0.2) is 39.0 Å². The van der Waals surface area contributed by atoms with Gasteiger partial charge in [0.1, 0.15) is 12.0 Å². The molecule has 2 aromatic heterocycles. The Kier molecular flexibility index (Phi) is 4.68. The number of carbonyl (C=O) groups excluding carboxylic acids is 1. The Morgan fingerprint density at radius 2 is 2.03 bits per heavy atom. The van der Waals surface area contributed by atoms with Crippen LogP contribution in [0.25, 0.3) is 16.6 Å². The van der Waals surface area contributed by atoms with Gasteiger partial charge in [0.15, 0.2) is 0 Å². The first-order valence-electron chi connectivity index (χ1n) is 10.2. The Hall–Kier alpha value is -3.36. The normalized spacial score (nSPS) is 16.4. The fourth-order valence-electron chi connectivity index (χ4n) is 4.35. The van der Waals surface area contributed by atoms with Crippen molar-refractivity contribution in [2.75, 3.05) is 18.4 Å². The molecule has 1 aliphatic heterocycles. The number of nitrogens with zero attached hydrogens (tertiary/aromatic N) is 3. The van der Waals surface area contributed by atoms with E-state index in [0.29, 0.717) is 19.5 Å². The van der Waals surface area contributed by atoms with E-state index in [2.05, 4.69) is 20.3 Å². The molecule has 0 fully saturated rings. The lowest BCUT2D eigenvalue weighted by Crippen LogP contribution is -2.38. The van der Waals surface area contributed by atoms with E-state index in [1.165, 1.54) is 23.4 Å². The molecular formula is C22H20F3N5O. The summed E-state index contributed by atoms with van der Waals surface area (Å²) >= 11 is 0. The third-order valence-corrected chi connectivity index (χ3v) is 5.88. The Balaban J connectivity index is 1.33. The fraction of sp³-hybridized carbons (Fsp3) is 0.318. The highest BCUT2D eigenvalue weighted by molar-refractivity contribution is 5.94. The maximum Gasteiger partial charge on any atom is 0.416 e. The standard InChI is InChI=1S/C22H20F3N5O/c23-22(24,25)14-3-1-4-15(11-14)28-21(31)30-9-7-13(8-10-30)19-18-16-5-2-6-17(16)29-20(18)27-12-26-19/h1,3-4,7,11-12H,2,5-6,8-10H2,(H,28,31)(H,26,27,29). The van der Waals surface area contributed by atoms with Gasteiger partial charge in [-0.15, -0.1) is 0 Å². The Morgan fingerprint density at radius 3 is 2.81 bits per heavy atom. The number of H-pyrrole nitrogens is 1. The number of benzene rings is 1. The van der Waals surface area contributed by atoms with Crippen LogP contribution in [0, 0.1) is 0 Å². The van der Waals surface area contributed by atoms with E-state index in [0.717, 1.165) is 53.7 Å². The lowest BCUT2D eigenvalue weighted by molar-refractivity contribution is -0.137. The summed E-state index contributed by atoms with van der Waals surface area (Å²) in [5, 5.41) is 3.64. The number of hydrogen-bond acceptors (Lipinski definition) is 3. The molecule has 0 spiro atoms. The second kappa shape index (κ2) is 7.40. The van der Waals surface area contributed by atoms with Crippen molar-refractivity contribution in [2.45, 2.75) is 31.9 Å². The highest BCUT2D eigenvalue weighted by Crippen LogP contribution is 2.35. The van der Waals surface area contributed by atoms with Gasteiger partial charge in [0, 0.05) is 29.9 Å². The van der Waals surface area contributed by atoms with E-state index in [9.17, 15) is 18.0 Å². The topological polar surface area (TPSA) is 73.9 Å². The van der Waals surface area contributed by atoms with Gasteiger partial charge in [0.25, 0.3) is 0 Å². The molecule has 0 saturated heterocycles. The zero-order valence-corrected chi connectivity index (χ0v) is 16.6. The Bertz CT molecular complexity index is 1200. The van der Waals surface area contributed by atoms with Gasteiger partial charge in [0.05, 0.1) is 11.3 Å². The highest BCUT2D eigenvalue weighted by Gasteiger charge is 2.31. The first kappa shape index (κ1) is 19.6. The van der Waals surface area contributed by atoms with E-state index < -0.39 is 17.8 Å². The van der Waals surface area contributed by atoms with Crippen LogP contribution in [-0.2, 0) is 19.0 Å². The van der Waals surface area contributed by atoms with Gasteiger partial charge in [0.2, 0.25) is 0 Å². The average Bonchev–Trinajstić information content (AvgIpc) is 3.34. The average molecular weight is 427 g/mol. The van der Waals surface area contributed by atoms with Crippen molar-refractivity contribution in [2.24, 2.45) is 0 Å². The van der Waals surface area contributed by atoms with E-state index in [-0.39, 0.29) is 5.69 Å². The number of fused-ring (bicyclic) bond motifs is 3. The number of amides is 2. The number of alkyl halides is 3. The highest BCUT2D eigenvalue weighted by atomic mass is 19.4. The minimum atomic E-state index is -4.45. The predicted molar refractivity (Wildman–Crippen MR) is 111 cm³/mol. The minimum Gasteiger partial charge on any atom is -0.343 e. The van der Waals surface area contributed by atoms with Crippen LogP contribution in [0.5, 0.6) is 0 Å². The zero-order valence-electron chi connectivity index (χ0n) is 16.6. The second-order valence-electron chi connectivity index (χ2n) is 7.82. The molecule has 3 heterocycles. The summed E-state index contributed by atoms with van der Waals surface area (Å²) in [4.78, 5) is 26.4. The fourth-order valence-corrected chi connectivity index (χ4v) is 4.35. The molecule has 0 radical (unpaired) electrons. The summed E-state index contributed by atoms with van der Waals surface area (Å²) in [6, 6.07) is 4.22. The summed E-state index contributed by atoms with van der Waals surface area (Å²) in [7, 11) is 0. The Morgan fingerprint density at radius 1 is 1.16 bits per heavy atom. The van der Waals surface area contributed by atoms with Crippen molar-refractivity contribution in [1.29, 1.82) is 0 Å². The number of carbonyl (C=O) groups is 1. The van der Waals surface area contributed by atoms with E-state index in [1.807, 2.05) is 6.08 Å². The van der Waals surface area contributed by atoms with Gasteiger partial charge in [-0.25, -0.2) is 14.8 Å². The van der Waals surface area contributed by atoms with Crippen LogP contribution >= 0.6 is 0 Å². The number of hydrogen-bond donors (Lipinski definition) is 2. The molecule has 3 aromatic rings. The summed E-state index contributed by atoms with van der Waals surface area (Å²) < 4.78 is 38.7. The van der Waals surface area contributed by atoms with Gasteiger partial charge in [-0.05, 0) is 55.0 Å². The molecule has 0 bridgehead atoms. The summed E-state index contributed by atoms with van der Waals surface area (Å²) in [6.07, 6.45) is 2.82. The molecule has 31 heavy (non-hydrogen) atoms.